The summed E-state index contributed by atoms with van der Waals surface area (Å²) in [4.78, 5) is 2.18. The van der Waals surface area contributed by atoms with Crippen molar-refractivity contribution < 1.29 is 10.2 Å². The minimum Gasteiger partial charge on any atom is -0.509 e. The molecule has 0 unspecified atom stereocenters. The highest BCUT2D eigenvalue weighted by Gasteiger charge is 2.36. The van der Waals surface area contributed by atoms with Crippen LogP contribution in [0.25, 0.3) is 49.7 Å². The van der Waals surface area contributed by atoms with Gasteiger partial charge in [0.2, 0.25) is 0 Å². The SMILES string of the molecule is Bc1c(O)c(B)c(N(c2ccc(-c3cccc4c3-c3ccccc3C4(C)C)cc2)c2ccc3c(c2)c2ccccc2n3-c2ccccc2)c(B)c1O. The molecule has 1 aliphatic rings. The summed E-state index contributed by atoms with van der Waals surface area (Å²) < 4.78 is 2.31. The zero-order valence-electron chi connectivity index (χ0n) is 30.1. The van der Waals surface area contributed by atoms with Crippen LogP contribution in [0.2, 0.25) is 0 Å². The number of anilines is 3. The Morgan fingerprint density at radius 3 is 1.88 bits per heavy atom. The van der Waals surface area contributed by atoms with Gasteiger partial charge in [0.25, 0.3) is 0 Å². The molecule has 0 saturated heterocycles. The molecule has 7 aromatic carbocycles. The van der Waals surface area contributed by atoms with Gasteiger partial charge < -0.3 is 19.7 Å². The van der Waals surface area contributed by atoms with Crippen LogP contribution in [-0.4, -0.2) is 38.3 Å². The summed E-state index contributed by atoms with van der Waals surface area (Å²) in [5.74, 6) is 0.199. The van der Waals surface area contributed by atoms with E-state index in [1.807, 2.05) is 21.8 Å². The number of fused-ring (bicyclic) bond motifs is 6. The molecule has 0 saturated carbocycles. The Hall–Kier alpha value is -6.07. The lowest BCUT2D eigenvalue weighted by atomic mass is 9.76. The quantitative estimate of drug-likeness (QED) is 0.208. The maximum Gasteiger partial charge on any atom is 0.149 e. The topological polar surface area (TPSA) is 48.6 Å². The molecule has 1 aromatic heterocycles. The van der Waals surface area contributed by atoms with Crippen LogP contribution in [0.4, 0.5) is 17.1 Å². The van der Waals surface area contributed by atoms with Gasteiger partial charge in [-0.05, 0) is 98.3 Å². The summed E-state index contributed by atoms with van der Waals surface area (Å²) in [6, 6.07) is 49.7. The highest BCUT2D eigenvalue weighted by Crippen LogP contribution is 2.52. The van der Waals surface area contributed by atoms with Crippen LogP contribution >= 0.6 is 0 Å². The highest BCUT2D eigenvalue weighted by molar-refractivity contribution is 6.52. The van der Waals surface area contributed by atoms with Crippen molar-refractivity contribution >= 4 is 78.8 Å². The van der Waals surface area contributed by atoms with Crippen molar-refractivity contribution in [2.45, 2.75) is 19.3 Å². The number of para-hydroxylation sites is 2. The van der Waals surface area contributed by atoms with E-state index in [0.29, 0.717) is 16.4 Å². The number of hydrogen-bond donors (Lipinski definition) is 2. The molecule has 9 rings (SSSR count). The van der Waals surface area contributed by atoms with Gasteiger partial charge in [0.15, 0.2) is 0 Å². The maximum absolute atomic E-state index is 11.3. The van der Waals surface area contributed by atoms with Gasteiger partial charge in [-0.1, -0.05) is 105 Å². The third-order valence-corrected chi connectivity index (χ3v) is 11.3. The Balaban J connectivity index is 1.25. The van der Waals surface area contributed by atoms with Crippen molar-refractivity contribution in [2.24, 2.45) is 0 Å². The van der Waals surface area contributed by atoms with Crippen LogP contribution in [-0.2, 0) is 5.41 Å². The summed E-state index contributed by atoms with van der Waals surface area (Å²) >= 11 is 0. The van der Waals surface area contributed by atoms with Crippen molar-refractivity contribution in [2.75, 3.05) is 4.90 Å². The monoisotopic (exact) mass is 670 g/mol. The Labute approximate surface area is 306 Å². The van der Waals surface area contributed by atoms with Gasteiger partial charge in [0, 0.05) is 38.9 Å². The van der Waals surface area contributed by atoms with E-state index in [2.05, 4.69) is 157 Å². The number of aromatic hydroxyl groups is 2. The number of hydrogen-bond acceptors (Lipinski definition) is 3. The van der Waals surface area contributed by atoms with Crippen LogP contribution in [0.3, 0.4) is 0 Å². The van der Waals surface area contributed by atoms with Crippen molar-refractivity contribution in [3.05, 3.63) is 151 Å². The summed E-state index contributed by atoms with van der Waals surface area (Å²) in [5, 5.41) is 24.9. The highest BCUT2D eigenvalue weighted by atomic mass is 16.3. The fraction of sp³-hybridized carbons (Fsp3) is 0.0667. The predicted molar refractivity (Wildman–Crippen MR) is 226 cm³/mol. The van der Waals surface area contributed by atoms with Gasteiger partial charge in [-0.3, -0.25) is 0 Å². The Morgan fingerprint density at radius 2 is 1.13 bits per heavy atom. The average molecular weight is 670 g/mol. The maximum atomic E-state index is 11.3. The summed E-state index contributed by atoms with van der Waals surface area (Å²) in [7, 11) is 5.62. The molecule has 248 valence electrons. The first-order valence-electron chi connectivity index (χ1n) is 17.9. The smallest absolute Gasteiger partial charge is 0.149 e. The minimum atomic E-state index is -0.0779. The molecule has 0 aliphatic heterocycles. The molecular formula is C45H37B3N2O2. The number of phenolic OH excluding ortho intramolecular Hbond substituents is 2. The van der Waals surface area contributed by atoms with Gasteiger partial charge in [-0.25, -0.2) is 0 Å². The first kappa shape index (κ1) is 31.9. The molecule has 0 bridgehead atoms. The van der Waals surface area contributed by atoms with Crippen molar-refractivity contribution in [1.29, 1.82) is 0 Å². The van der Waals surface area contributed by atoms with Gasteiger partial charge in [-0.2, -0.15) is 0 Å². The van der Waals surface area contributed by atoms with Crippen LogP contribution in [0.5, 0.6) is 11.5 Å². The first-order chi connectivity index (χ1) is 25.2. The van der Waals surface area contributed by atoms with Crippen LogP contribution < -0.4 is 21.3 Å². The van der Waals surface area contributed by atoms with E-state index in [1.54, 1.807) is 7.85 Å². The molecule has 0 radical (unpaired) electrons. The van der Waals surface area contributed by atoms with E-state index in [1.165, 1.54) is 27.8 Å². The lowest BCUT2D eigenvalue weighted by Gasteiger charge is -2.31. The van der Waals surface area contributed by atoms with Crippen molar-refractivity contribution in [1.82, 2.24) is 4.57 Å². The minimum absolute atomic E-state index is 0.0779. The predicted octanol–water partition coefficient (Wildman–Crippen LogP) is 6.41. The molecule has 7 heteroatoms. The molecule has 1 aliphatic carbocycles. The Morgan fingerprint density at radius 1 is 0.538 bits per heavy atom. The molecule has 0 atom stereocenters. The second-order valence-corrected chi connectivity index (χ2v) is 14.6. The molecule has 52 heavy (non-hydrogen) atoms. The number of rotatable bonds is 5. The molecule has 8 aromatic rings. The zero-order valence-corrected chi connectivity index (χ0v) is 30.1. The third kappa shape index (κ3) is 4.58. The summed E-state index contributed by atoms with van der Waals surface area (Å²) in [6.07, 6.45) is 0. The fourth-order valence-electron chi connectivity index (χ4n) is 8.66. The normalized spacial score (nSPS) is 13.0. The molecule has 0 amide bonds. The lowest BCUT2D eigenvalue weighted by molar-refractivity contribution is 0.464. The molecule has 0 spiro atoms. The first-order valence-corrected chi connectivity index (χ1v) is 17.9. The molecule has 2 N–H and O–H groups in total. The largest absolute Gasteiger partial charge is 0.509 e. The van der Waals surface area contributed by atoms with Gasteiger partial charge in [0.05, 0.1) is 11.0 Å². The zero-order chi connectivity index (χ0) is 35.9. The number of aromatic nitrogens is 1. The second-order valence-electron chi connectivity index (χ2n) is 14.6. The molecule has 4 nitrogen and oxygen atoms in total. The van der Waals surface area contributed by atoms with E-state index in [9.17, 15) is 10.2 Å². The second kappa shape index (κ2) is 11.7. The van der Waals surface area contributed by atoms with Gasteiger partial charge in [-0.15, -0.1) is 0 Å². The number of benzene rings is 7. The van der Waals surface area contributed by atoms with Gasteiger partial charge in [0.1, 0.15) is 35.0 Å². The van der Waals surface area contributed by atoms with Gasteiger partial charge >= 0.3 is 0 Å². The van der Waals surface area contributed by atoms with E-state index in [-0.39, 0.29) is 16.9 Å². The molecule has 0 fully saturated rings. The van der Waals surface area contributed by atoms with Crippen LogP contribution in [0.15, 0.2) is 140 Å². The lowest BCUT2D eigenvalue weighted by Crippen LogP contribution is -2.33. The third-order valence-electron chi connectivity index (χ3n) is 11.3. The standard InChI is InChI=1S/C45H37B3N2O2/c1-45(2)34-16-8-6-14-32(34)38-30(15-10-17-35(38)45)26-19-21-28(22-20-26)49(42-39(46)43(51)41(48)44(52)40(42)47)29-23-24-37-33(25-29)31-13-7-9-18-36(31)50(37)27-11-4-3-5-12-27/h3-25,51-52H,46-48H2,1-2H3. The number of phenols is 2. The molecule has 1 heterocycles. The fourth-order valence-corrected chi connectivity index (χ4v) is 8.66. The summed E-state index contributed by atoms with van der Waals surface area (Å²) in [6.45, 7) is 4.63. The van der Waals surface area contributed by atoms with E-state index >= 15 is 0 Å². The molecular weight excluding hydrogens is 633 g/mol. The van der Waals surface area contributed by atoms with Crippen LogP contribution in [0.1, 0.15) is 25.0 Å². The van der Waals surface area contributed by atoms with Crippen molar-refractivity contribution in [3.63, 3.8) is 0 Å². The number of nitrogens with zero attached hydrogens (tertiary/aromatic N) is 2. The van der Waals surface area contributed by atoms with E-state index in [0.717, 1.165) is 50.1 Å². The Bertz CT molecular complexity index is 2690. The average Bonchev–Trinajstić information content (AvgIpc) is 3.63. The van der Waals surface area contributed by atoms with E-state index in [4.69, 9.17) is 0 Å². The van der Waals surface area contributed by atoms with Crippen molar-refractivity contribution in [3.8, 4) is 39.4 Å². The van der Waals surface area contributed by atoms with Crippen LogP contribution in [0, 0.1) is 0 Å². The summed E-state index contributed by atoms with van der Waals surface area (Å²) in [5.41, 5.74) is 15.4. The van der Waals surface area contributed by atoms with E-state index < -0.39 is 0 Å². The Kier molecular flexibility index (Phi) is 7.20.